The molecular formula is C14H20BrN3O2. The van der Waals surface area contributed by atoms with Crippen LogP contribution in [-0.2, 0) is 9.59 Å². The van der Waals surface area contributed by atoms with Crippen molar-refractivity contribution in [2.75, 3.05) is 25.5 Å². The molecule has 1 aromatic rings. The van der Waals surface area contributed by atoms with Crippen LogP contribution in [0.5, 0.6) is 0 Å². The average Bonchev–Trinajstić information content (AvgIpc) is 2.40. The number of anilines is 1. The molecule has 3 N–H and O–H groups in total. The molecule has 0 spiro atoms. The van der Waals surface area contributed by atoms with Crippen molar-refractivity contribution in [1.82, 2.24) is 10.6 Å². The molecule has 0 heterocycles. The highest BCUT2D eigenvalue weighted by Gasteiger charge is 2.13. The molecule has 0 radical (unpaired) electrons. The first kappa shape index (κ1) is 16.7. The summed E-state index contributed by atoms with van der Waals surface area (Å²) in [6.07, 6.45) is 0. The summed E-state index contributed by atoms with van der Waals surface area (Å²) >= 11 is 3.36. The molecule has 1 rings (SSSR count). The number of hydrogen-bond donors (Lipinski definition) is 3. The van der Waals surface area contributed by atoms with E-state index in [0.29, 0.717) is 6.54 Å². The zero-order chi connectivity index (χ0) is 15.1. The Balaban J connectivity index is 2.48. The molecule has 0 aromatic heterocycles. The van der Waals surface area contributed by atoms with E-state index >= 15 is 0 Å². The van der Waals surface area contributed by atoms with Gasteiger partial charge >= 0.3 is 0 Å². The first-order valence-corrected chi connectivity index (χ1v) is 7.21. The number of nitrogens with one attached hydrogen (secondary N) is 3. The summed E-state index contributed by atoms with van der Waals surface area (Å²) in [4.78, 5) is 23.5. The molecule has 20 heavy (non-hydrogen) atoms. The van der Waals surface area contributed by atoms with Gasteiger partial charge in [0.1, 0.15) is 0 Å². The standard InChI is InChI=1S/C14H20BrN3O2/c1-9-4-5-11(15)6-12(9)18-13(19)8-17-14(20)10(2)7-16-3/h4-6,10,16H,7-8H2,1-3H3,(H,17,20)(H,18,19). The maximum Gasteiger partial charge on any atom is 0.243 e. The normalized spacial score (nSPS) is 11.8. The topological polar surface area (TPSA) is 70.2 Å². The molecule has 0 fully saturated rings. The Morgan fingerprint density at radius 3 is 2.70 bits per heavy atom. The first-order valence-electron chi connectivity index (χ1n) is 6.42. The Morgan fingerprint density at radius 1 is 1.35 bits per heavy atom. The molecule has 0 aliphatic rings. The number of hydrogen-bond acceptors (Lipinski definition) is 3. The van der Waals surface area contributed by atoms with Gasteiger partial charge in [0.15, 0.2) is 0 Å². The van der Waals surface area contributed by atoms with Crippen LogP contribution < -0.4 is 16.0 Å². The number of benzene rings is 1. The first-order chi connectivity index (χ1) is 9.43. The molecule has 5 nitrogen and oxygen atoms in total. The molecular weight excluding hydrogens is 322 g/mol. The van der Waals surface area contributed by atoms with Crippen LogP contribution in [0.25, 0.3) is 0 Å². The Hall–Kier alpha value is -1.40. The molecule has 1 aromatic carbocycles. The molecule has 0 saturated carbocycles. The molecule has 1 unspecified atom stereocenters. The summed E-state index contributed by atoms with van der Waals surface area (Å²) in [5.41, 5.74) is 1.71. The van der Waals surface area contributed by atoms with Crippen molar-refractivity contribution in [3.63, 3.8) is 0 Å². The lowest BCUT2D eigenvalue weighted by atomic mass is 10.1. The fourth-order valence-corrected chi connectivity index (χ4v) is 2.02. The fraction of sp³-hybridized carbons (Fsp3) is 0.429. The highest BCUT2D eigenvalue weighted by atomic mass is 79.9. The van der Waals surface area contributed by atoms with Crippen LogP contribution in [0.1, 0.15) is 12.5 Å². The molecule has 2 amide bonds. The van der Waals surface area contributed by atoms with Crippen LogP contribution >= 0.6 is 15.9 Å². The van der Waals surface area contributed by atoms with E-state index in [1.54, 1.807) is 7.05 Å². The maximum atomic E-state index is 11.8. The van der Waals surface area contributed by atoms with E-state index in [1.165, 1.54) is 0 Å². The Kier molecular flexibility index (Phi) is 6.67. The van der Waals surface area contributed by atoms with Crippen molar-refractivity contribution >= 4 is 33.4 Å². The SMILES string of the molecule is CNCC(C)C(=O)NCC(=O)Nc1cc(Br)ccc1C. The molecule has 0 bridgehead atoms. The van der Waals surface area contributed by atoms with Crippen LogP contribution in [0.3, 0.4) is 0 Å². The third-order valence-electron chi connectivity index (χ3n) is 2.85. The van der Waals surface area contributed by atoms with Gasteiger partial charge in [-0.25, -0.2) is 0 Å². The largest absolute Gasteiger partial charge is 0.347 e. The minimum Gasteiger partial charge on any atom is -0.347 e. The summed E-state index contributed by atoms with van der Waals surface area (Å²) in [6.45, 7) is 4.27. The number of aryl methyl sites for hydroxylation is 1. The summed E-state index contributed by atoms with van der Waals surface area (Å²) in [7, 11) is 1.78. The quantitative estimate of drug-likeness (QED) is 0.737. The molecule has 1 atom stereocenters. The van der Waals surface area contributed by atoms with Gasteiger partial charge in [-0.3, -0.25) is 9.59 Å². The van der Waals surface area contributed by atoms with Gasteiger partial charge in [0.2, 0.25) is 11.8 Å². The average molecular weight is 342 g/mol. The van der Waals surface area contributed by atoms with E-state index in [-0.39, 0.29) is 24.3 Å². The minimum atomic E-state index is -0.240. The van der Waals surface area contributed by atoms with Crippen molar-refractivity contribution in [2.24, 2.45) is 5.92 Å². The number of carbonyl (C=O) groups excluding carboxylic acids is 2. The molecule has 0 aliphatic carbocycles. The van der Waals surface area contributed by atoms with E-state index in [4.69, 9.17) is 0 Å². The molecule has 6 heteroatoms. The van der Waals surface area contributed by atoms with Crippen LogP contribution in [0.2, 0.25) is 0 Å². The van der Waals surface area contributed by atoms with Crippen LogP contribution in [0.15, 0.2) is 22.7 Å². The van der Waals surface area contributed by atoms with Crippen molar-refractivity contribution in [1.29, 1.82) is 0 Å². The van der Waals surface area contributed by atoms with E-state index < -0.39 is 0 Å². The van der Waals surface area contributed by atoms with E-state index in [9.17, 15) is 9.59 Å². The smallest absolute Gasteiger partial charge is 0.243 e. The van der Waals surface area contributed by atoms with Gasteiger partial charge in [0, 0.05) is 22.6 Å². The fourth-order valence-electron chi connectivity index (χ4n) is 1.66. The third-order valence-corrected chi connectivity index (χ3v) is 3.35. The predicted molar refractivity (Wildman–Crippen MR) is 83.6 cm³/mol. The summed E-state index contributed by atoms with van der Waals surface area (Å²) < 4.78 is 0.894. The van der Waals surface area contributed by atoms with Gasteiger partial charge in [-0.2, -0.15) is 0 Å². The van der Waals surface area contributed by atoms with Crippen molar-refractivity contribution in [3.8, 4) is 0 Å². The molecule has 0 saturated heterocycles. The highest BCUT2D eigenvalue weighted by molar-refractivity contribution is 9.10. The number of halogens is 1. The van der Waals surface area contributed by atoms with Gasteiger partial charge in [-0.1, -0.05) is 28.9 Å². The highest BCUT2D eigenvalue weighted by Crippen LogP contribution is 2.20. The van der Waals surface area contributed by atoms with E-state index in [0.717, 1.165) is 15.7 Å². The maximum absolute atomic E-state index is 11.8. The van der Waals surface area contributed by atoms with E-state index in [1.807, 2.05) is 32.0 Å². The Bertz CT molecular complexity index is 491. The monoisotopic (exact) mass is 341 g/mol. The second kappa shape index (κ2) is 8.01. The minimum absolute atomic E-state index is 0.0289. The van der Waals surface area contributed by atoms with Gasteiger partial charge in [0.05, 0.1) is 6.54 Å². The van der Waals surface area contributed by atoms with Gasteiger partial charge in [0.25, 0.3) is 0 Å². The lowest BCUT2D eigenvalue weighted by molar-refractivity contribution is -0.126. The summed E-state index contributed by atoms with van der Waals surface area (Å²) in [6, 6.07) is 5.65. The molecule has 0 aliphatic heterocycles. The zero-order valence-corrected chi connectivity index (χ0v) is 13.5. The zero-order valence-electron chi connectivity index (χ0n) is 11.9. The predicted octanol–water partition coefficient (Wildman–Crippen LogP) is 1.67. The van der Waals surface area contributed by atoms with Gasteiger partial charge in [-0.15, -0.1) is 0 Å². The van der Waals surface area contributed by atoms with Crippen molar-refractivity contribution < 1.29 is 9.59 Å². The second-order valence-corrected chi connectivity index (χ2v) is 5.60. The summed E-state index contributed by atoms with van der Waals surface area (Å²) in [5.74, 6) is -0.544. The van der Waals surface area contributed by atoms with Crippen LogP contribution in [0.4, 0.5) is 5.69 Å². The number of rotatable bonds is 6. The van der Waals surface area contributed by atoms with Gasteiger partial charge < -0.3 is 16.0 Å². The lowest BCUT2D eigenvalue weighted by Crippen LogP contribution is -2.38. The van der Waals surface area contributed by atoms with E-state index in [2.05, 4.69) is 31.9 Å². The summed E-state index contributed by atoms with van der Waals surface area (Å²) in [5, 5.41) is 8.32. The van der Waals surface area contributed by atoms with Crippen molar-refractivity contribution in [3.05, 3.63) is 28.2 Å². The van der Waals surface area contributed by atoms with Crippen LogP contribution in [-0.4, -0.2) is 32.0 Å². The molecule has 110 valence electrons. The number of carbonyl (C=O) groups is 2. The van der Waals surface area contributed by atoms with Crippen molar-refractivity contribution in [2.45, 2.75) is 13.8 Å². The van der Waals surface area contributed by atoms with Crippen LogP contribution in [0, 0.1) is 12.8 Å². The Labute approximate surface area is 127 Å². The van der Waals surface area contributed by atoms with Gasteiger partial charge in [-0.05, 0) is 31.7 Å². The third kappa shape index (κ3) is 5.30. The lowest BCUT2D eigenvalue weighted by Gasteiger charge is -2.12. The number of amides is 2. The Morgan fingerprint density at radius 2 is 2.05 bits per heavy atom. The second-order valence-electron chi connectivity index (χ2n) is 4.68.